The molecular formula is C16H20N2O2S. The van der Waals surface area contributed by atoms with Gasteiger partial charge in [-0.05, 0) is 42.8 Å². The zero-order valence-corrected chi connectivity index (χ0v) is 13.3. The predicted molar refractivity (Wildman–Crippen MR) is 83.7 cm³/mol. The summed E-state index contributed by atoms with van der Waals surface area (Å²) < 4.78 is 6.87. The van der Waals surface area contributed by atoms with E-state index in [1.165, 1.54) is 36.8 Å². The summed E-state index contributed by atoms with van der Waals surface area (Å²) in [5.41, 5.74) is 2.69. The Bertz CT molecular complexity index is 638. The average molecular weight is 304 g/mol. The molecule has 0 amide bonds. The van der Waals surface area contributed by atoms with Crippen LogP contribution in [0.5, 0.6) is 0 Å². The minimum absolute atomic E-state index is 0.362. The van der Waals surface area contributed by atoms with E-state index >= 15 is 0 Å². The summed E-state index contributed by atoms with van der Waals surface area (Å²) in [6, 6.07) is 4.42. The van der Waals surface area contributed by atoms with Crippen LogP contribution in [0.2, 0.25) is 0 Å². The standard InChI is InChI=1S/C16H20N2O2S/c1-11-8-15(21-10-11)14-9-13(16(19)20-2)17-18(14)12-6-4-3-5-7-12/h8-10,12H,3-7H2,1-2H3. The normalized spacial score (nSPS) is 16.1. The third-order valence-corrected chi connectivity index (χ3v) is 5.10. The highest BCUT2D eigenvalue weighted by molar-refractivity contribution is 7.13. The molecule has 1 saturated carbocycles. The molecule has 112 valence electrons. The van der Waals surface area contributed by atoms with Crippen LogP contribution in [0.25, 0.3) is 10.6 Å². The molecule has 3 rings (SSSR count). The lowest BCUT2D eigenvalue weighted by atomic mass is 9.95. The van der Waals surface area contributed by atoms with Crippen LogP contribution in [-0.4, -0.2) is 22.9 Å². The smallest absolute Gasteiger partial charge is 0.358 e. The van der Waals surface area contributed by atoms with Gasteiger partial charge in [0.05, 0.1) is 23.7 Å². The van der Waals surface area contributed by atoms with Crippen molar-refractivity contribution < 1.29 is 9.53 Å². The van der Waals surface area contributed by atoms with Gasteiger partial charge in [-0.3, -0.25) is 4.68 Å². The van der Waals surface area contributed by atoms with Crippen LogP contribution in [0.15, 0.2) is 17.5 Å². The molecule has 1 fully saturated rings. The zero-order chi connectivity index (χ0) is 14.8. The first-order valence-corrected chi connectivity index (χ1v) is 8.30. The Labute approximate surface area is 128 Å². The fourth-order valence-corrected chi connectivity index (χ4v) is 3.86. The van der Waals surface area contributed by atoms with Crippen LogP contribution in [0.3, 0.4) is 0 Å². The number of ether oxygens (including phenoxy) is 1. The fraction of sp³-hybridized carbons (Fsp3) is 0.500. The number of aromatic nitrogens is 2. The number of methoxy groups -OCH3 is 1. The second-order valence-corrected chi connectivity index (χ2v) is 6.54. The third kappa shape index (κ3) is 2.88. The summed E-state index contributed by atoms with van der Waals surface area (Å²) in [4.78, 5) is 13.0. The number of nitrogens with zero attached hydrogens (tertiary/aromatic N) is 2. The van der Waals surface area contributed by atoms with Gasteiger partial charge in [0.15, 0.2) is 5.69 Å². The molecule has 1 aliphatic carbocycles. The van der Waals surface area contributed by atoms with Gasteiger partial charge in [-0.25, -0.2) is 4.79 Å². The van der Waals surface area contributed by atoms with Crippen LogP contribution in [0.1, 0.15) is 54.2 Å². The van der Waals surface area contributed by atoms with Crippen molar-refractivity contribution in [2.45, 2.75) is 45.1 Å². The number of hydrogen-bond donors (Lipinski definition) is 0. The average Bonchev–Trinajstić information content (AvgIpc) is 3.13. The van der Waals surface area contributed by atoms with Crippen molar-refractivity contribution in [3.05, 3.63) is 28.8 Å². The number of rotatable bonds is 3. The van der Waals surface area contributed by atoms with Gasteiger partial charge < -0.3 is 4.74 Å². The Kier molecular flexibility index (Phi) is 4.10. The second kappa shape index (κ2) is 6.02. The third-order valence-electron chi connectivity index (χ3n) is 4.03. The number of aryl methyl sites for hydroxylation is 1. The van der Waals surface area contributed by atoms with Gasteiger partial charge in [-0.15, -0.1) is 11.3 Å². The summed E-state index contributed by atoms with van der Waals surface area (Å²) in [6.45, 7) is 2.09. The molecule has 0 atom stereocenters. The Hall–Kier alpha value is -1.62. The molecule has 1 aliphatic rings. The van der Waals surface area contributed by atoms with Crippen LogP contribution in [-0.2, 0) is 4.74 Å². The molecule has 2 aromatic rings. The maximum absolute atomic E-state index is 11.8. The highest BCUT2D eigenvalue weighted by Gasteiger charge is 2.23. The highest BCUT2D eigenvalue weighted by atomic mass is 32.1. The molecule has 21 heavy (non-hydrogen) atoms. The first-order valence-electron chi connectivity index (χ1n) is 7.42. The molecule has 0 bridgehead atoms. The van der Waals surface area contributed by atoms with Gasteiger partial charge in [0.1, 0.15) is 0 Å². The predicted octanol–water partition coefficient (Wildman–Crippen LogP) is 4.21. The number of carbonyl (C=O) groups is 1. The lowest BCUT2D eigenvalue weighted by molar-refractivity contribution is 0.0592. The van der Waals surface area contributed by atoms with E-state index < -0.39 is 0 Å². The minimum atomic E-state index is -0.362. The molecule has 0 spiro atoms. The molecule has 4 nitrogen and oxygen atoms in total. The highest BCUT2D eigenvalue weighted by Crippen LogP contribution is 2.35. The summed E-state index contributed by atoms with van der Waals surface area (Å²) in [5, 5.41) is 6.67. The van der Waals surface area contributed by atoms with E-state index in [0.717, 1.165) is 18.5 Å². The molecule has 2 aromatic heterocycles. The summed E-state index contributed by atoms with van der Waals surface area (Å²) in [6.07, 6.45) is 6.05. The number of thiophene rings is 1. The summed E-state index contributed by atoms with van der Waals surface area (Å²) in [7, 11) is 1.40. The SMILES string of the molecule is COC(=O)c1cc(-c2cc(C)cs2)n(C2CCCCC2)n1. The van der Waals surface area contributed by atoms with E-state index in [-0.39, 0.29) is 5.97 Å². The molecule has 0 unspecified atom stereocenters. The number of esters is 1. The molecule has 0 saturated heterocycles. The van der Waals surface area contributed by atoms with Gasteiger partial charge in [-0.2, -0.15) is 5.10 Å². The molecule has 0 radical (unpaired) electrons. The molecule has 2 heterocycles. The maximum atomic E-state index is 11.8. The summed E-state index contributed by atoms with van der Waals surface area (Å²) >= 11 is 1.70. The van der Waals surface area contributed by atoms with Crippen molar-refractivity contribution in [3.63, 3.8) is 0 Å². The van der Waals surface area contributed by atoms with Crippen LogP contribution in [0, 0.1) is 6.92 Å². The van der Waals surface area contributed by atoms with Crippen molar-refractivity contribution in [2.75, 3.05) is 7.11 Å². The van der Waals surface area contributed by atoms with Gasteiger partial charge in [0, 0.05) is 0 Å². The van der Waals surface area contributed by atoms with E-state index in [2.05, 4.69) is 28.2 Å². The van der Waals surface area contributed by atoms with Crippen LogP contribution < -0.4 is 0 Å². The summed E-state index contributed by atoms with van der Waals surface area (Å²) in [5.74, 6) is -0.362. The largest absolute Gasteiger partial charge is 0.464 e. The van der Waals surface area contributed by atoms with E-state index in [0.29, 0.717) is 11.7 Å². The van der Waals surface area contributed by atoms with Crippen molar-refractivity contribution in [2.24, 2.45) is 0 Å². The molecule has 0 aliphatic heterocycles. The molecular weight excluding hydrogens is 284 g/mol. The fourth-order valence-electron chi connectivity index (χ4n) is 2.95. The van der Waals surface area contributed by atoms with Crippen molar-refractivity contribution >= 4 is 17.3 Å². The topological polar surface area (TPSA) is 44.1 Å². The second-order valence-electron chi connectivity index (χ2n) is 5.63. The first kappa shape index (κ1) is 14.3. The Morgan fingerprint density at radius 1 is 1.33 bits per heavy atom. The molecule has 0 N–H and O–H groups in total. The van der Waals surface area contributed by atoms with E-state index in [1.807, 2.05) is 6.07 Å². The van der Waals surface area contributed by atoms with Gasteiger partial charge in [0.25, 0.3) is 0 Å². The Balaban J connectivity index is 2.02. The van der Waals surface area contributed by atoms with Gasteiger partial charge in [0.2, 0.25) is 0 Å². The first-order chi connectivity index (χ1) is 10.2. The van der Waals surface area contributed by atoms with Crippen LogP contribution >= 0.6 is 11.3 Å². The van der Waals surface area contributed by atoms with Crippen LogP contribution in [0.4, 0.5) is 0 Å². The van der Waals surface area contributed by atoms with E-state index in [4.69, 9.17) is 4.74 Å². The van der Waals surface area contributed by atoms with E-state index in [1.54, 1.807) is 11.3 Å². The van der Waals surface area contributed by atoms with Gasteiger partial charge >= 0.3 is 5.97 Å². The lowest BCUT2D eigenvalue weighted by Gasteiger charge is -2.23. The van der Waals surface area contributed by atoms with Gasteiger partial charge in [-0.1, -0.05) is 19.3 Å². The lowest BCUT2D eigenvalue weighted by Crippen LogP contribution is -2.15. The monoisotopic (exact) mass is 304 g/mol. The van der Waals surface area contributed by atoms with Crippen molar-refractivity contribution in [3.8, 4) is 10.6 Å². The molecule has 0 aromatic carbocycles. The van der Waals surface area contributed by atoms with Crippen molar-refractivity contribution in [1.29, 1.82) is 0 Å². The quantitative estimate of drug-likeness (QED) is 0.798. The number of hydrogen-bond acceptors (Lipinski definition) is 4. The zero-order valence-electron chi connectivity index (χ0n) is 12.5. The molecule has 5 heteroatoms. The minimum Gasteiger partial charge on any atom is -0.464 e. The Morgan fingerprint density at radius 3 is 2.71 bits per heavy atom. The van der Waals surface area contributed by atoms with E-state index in [9.17, 15) is 4.79 Å². The van der Waals surface area contributed by atoms with Crippen molar-refractivity contribution in [1.82, 2.24) is 9.78 Å². The Morgan fingerprint density at radius 2 is 2.10 bits per heavy atom. The maximum Gasteiger partial charge on any atom is 0.358 e. The number of carbonyl (C=O) groups excluding carboxylic acids is 1.